The molecule has 0 radical (unpaired) electrons. The summed E-state index contributed by atoms with van der Waals surface area (Å²) in [7, 11) is -3.20. The Kier molecular flexibility index (Phi) is 4.90. The Hall–Kier alpha value is -1.50. The SMILES string of the molecule is CSC1CN(c2ccc(S(C)(=O)=O)cc2)C(c2ccc(Cl)cc2)=N1. The summed E-state index contributed by atoms with van der Waals surface area (Å²) in [5.41, 5.74) is 1.91. The number of rotatable bonds is 4. The second kappa shape index (κ2) is 6.78. The highest BCUT2D eigenvalue weighted by atomic mass is 35.5. The summed E-state index contributed by atoms with van der Waals surface area (Å²) in [6, 6.07) is 14.5. The molecule has 1 atom stereocenters. The van der Waals surface area contributed by atoms with Crippen LogP contribution >= 0.6 is 23.4 Å². The normalized spacial score (nSPS) is 17.9. The monoisotopic (exact) mass is 380 g/mol. The fourth-order valence-corrected chi connectivity index (χ4v) is 3.81. The molecule has 0 spiro atoms. The third-order valence-corrected chi connectivity index (χ3v) is 5.99. The molecular weight excluding hydrogens is 364 g/mol. The first kappa shape index (κ1) is 17.3. The van der Waals surface area contributed by atoms with E-state index in [4.69, 9.17) is 16.6 Å². The van der Waals surface area contributed by atoms with Crippen LogP contribution in [0.5, 0.6) is 0 Å². The Balaban J connectivity index is 1.96. The van der Waals surface area contributed by atoms with E-state index in [1.807, 2.05) is 42.7 Å². The third-order valence-electron chi connectivity index (χ3n) is 3.81. The van der Waals surface area contributed by atoms with Gasteiger partial charge in [0.1, 0.15) is 11.2 Å². The van der Waals surface area contributed by atoms with Crippen molar-refractivity contribution in [3.63, 3.8) is 0 Å². The van der Waals surface area contributed by atoms with Crippen molar-refractivity contribution in [3.8, 4) is 0 Å². The van der Waals surface area contributed by atoms with E-state index < -0.39 is 9.84 Å². The van der Waals surface area contributed by atoms with Crippen LogP contribution in [0.2, 0.25) is 5.02 Å². The summed E-state index contributed by atoms with van der Waals surface area (Å²) in [4.78, 5) is 7.20. The number of anilines is 1. The largest absolute Gasteiger partial charge is 0.323 e. The lowest BCUT2D eigenvalue weighted by molar-refractivity contribution is 0.602. The van der Waals surface area contributed by atoms with Gasteiger partial charge < -0.3 is 4.90 Å². The Labute approximate surface area is 151 Å². The van der Waals surface area contributed by atoms with Crippen LogP contribution in [0.25, 0.3) is 0 Å². The fourth-order valence-electron chi connectivity index (χ4n) is 2.55. The molecule has 0 aliphatic carbocycles. The number of aliphatic imine (C=N–C) groups is 1. The summed E-state index contributed by atoms with van der Waals surface area (Å²) in [5.74, 6) is 0.873. The van der Waals surface area contributed by atoms with Crippen LogP contribution in [0.15, 0.2) is 58.4 Å². The topological polar surface area (TPSA) is 49.7 Å². The van der Waals surface area contributed by atoms with E-state index in [2.05, 4.69) is 4.90 Å². The maximum atomic E-state index is 11.6. The Morgan fingerprint density at radius 1 is 1.12 bits per heavy atom. The van der Waals surface area contributed by atoms with Gasteiger partial charge in [-0.1, -0.05) is 11.6 Å². The number of hydrogen-bond acceptors (Lipinski definition) is 5. The molecular formula is C17H17ClN2O2S2. The fraction of sp³-hybridized carbons (Fsp3) is 0.235. The second-order valence-corrected chi connectivity index (χ2v) is 8.99. The van der Waals surface area contributed by atoms with Crippen LogP contribution in [-0.4, -0.2) is 38.7 Å². The Morgan fingerprint density at radius 2 is 1.75 bits per heavy atom. The molecule has 3 rings (SSSR count). The third kappa shape index (κ3) is 3.61. The van der Waals surface area contributed by atoms with E-state index in [0.717, 1.165) is 23.6 Å². The average molecular weight is 381 g/mol. The number of nitrogens with zero attached hydrogens (tertiary/aromatic N) is 2. The number of benzene rings is 2. The molecule has 2 aromatic carbocycles. The van der Waals surface area contributed by atoms with E-state index in [9.17, 15) is 8.42 Å². The molecule has 0 fully saturated rings. The van der Waals surface area contributed by atoms with E-state index in [1.54, 1.807) is 23.9 Å². The van der Waals surface area contributed by atoms with Gasteiger partial charge in [0.25, 0.3) is 0 Å². The smallest absolute Gasteiger partial charge is 0.175 e. The maximum Gasteiger partial charge on any atom is 0.175 e. The molecule has 126 valence electrons. The molecule has 0 saturated heterocycles. The van der Waals surface area contributed by atoms with Gasteiger partial charge in [0.2, 0.25) is 0 Å². The highest BCUT2D eigenvalue weighted by molar-refractivity contribution is 7.99. The molecule has 0 amide bonds. The average Bonchev–Trinajstić information content (AvgIpc) is 2.99. The number of thioether (sulfide) groups is 1. The minimum atomic E-state index is -3.20. The number of halogens is 1. The van der Waals surface area contributed by atoms with Crippen LogP contribution in [0.4, 0.5) is 5.69 Å². The molecule has 1 aliphatic heterocycles. The van der Waals surface area contributed by atoms with Gasteiger partial charge in [0, 0.05) is 22.5 Å². The molecule has 1 aliphatic rings. The molecule has 0 bridgehead atoms. The molecule has 4 nitrogen and oxygen atoms in total. The van der Waals surface area contributed by atoms with Crippen molar-refractivity contribution in [1.82, 2.24) is 0 Å². The highest BCUT2D eigenvalue weighted by Crippen LogP contribution is 2.28. The zero-order valence-corrected chi connectivity index (χ0v) is 15.7. The molecule has 2 aromatic rings. The zero-order chi connectivity index (χ0) is 17.3. The standard InChI is InChI=1S/C17H17ClN2O2S2/c1-23-16-11-20(14-7-9-15(10-8-14)24(2,21)22)17(19-16)12-3-5-13(18)6-4-12/h3-10,16H,11H2,1-2H3. The summed E-state index contributed by atoms with van der Waals surface area (Å²) in [6.07, 6.45) is 3.24. The van der Waals surface area contributed by atoms with Crippen LogP contribution in [-0.2, 0) is 9.84 Å². The van der Waals surface area contributed by atoms with Crippen molar-refractivity contribution < 1.29 is 8.42 Å². The molecule has 0 saturated carbocycles. The molecule has 7 heteroatoms. The molecule has 1 heterocycles. The minimum absolute atomic E-state index is 0.144. The molecule has 1 unspecified atom stereocenters. The first-order valence-electron chi connectivity index (χ1n) is 7.32. The lowest BCUT2D eigenvalue weighted by Crippen LogP contribution is -2.29. The second-order valence-electron chi connectivity index (χ2n) is 5.53. The summed E-state index contributed by atoms with van der Waals surface area (Å²) in [6.45, 7) is 0.747. The van der Waals surface area contributed by atoms with Crippen molar-refractivity contribution in [2.24, 2.45) is 4.99 Å². The van der Waals surface area contributed by atoms with Gasteiger partial charge in [0.05, 0.1) is 11.4 Å². The van der Waals surface area contributed by atoms with Crippen molar-refractivity contribution in [3.05, 3.63) is 59.1 Å². The van der Waals surface area contributed by atoms with Crippen molar-refractivity contribution >= 4 is 44.7 Å². The lowest BCUT2D eigenvalue weighted by atomic mass is 10.2. The summed E-state index contributed by atoms with van der Waals surface area (Å²) >= 11 is 7.66. The van der Waals surface area contributed by atoms with E-state index in [0.29, 0.717) is 9.92 Å². The zero-order valence-electron chi connectivity index (χ0n) is 13.3. The number of sulfone groups is 1. The molecule has 0 aromatic heterocycles. The van der Waals surface area contributed by atoms with Crippen molar-refractivity contribution in [1.29, 1.82) is 0 Å². The predicted octanol–water partition coefficient (Wildman–Crippen LogP) is 3.70. The maximum absolute atomic E-state index is 11.6. The minimum Gasteiger partial charge on any atom is -0.323 e. The van der Waals surface area contributed by atoms with Crippen molar-refractivity contribution in [2.75, 3.05) is 24.0 Å². The predicted molar refractivity (Wildman–Crippen MR) is 102 cm³/mol. The number of hydrogen-bond donors (Lipinski definition) is 0. The quantitative estimate of drug-likeness (QED) is 0.811. The van der Waals surface area contributed by atoms with E-state index >= 15 is 0 Å². The van der Waals surface area contributed by atoms with Gasteiger partial charge in [-0.15, -0.1) is 11.8 Å². The Morgan fingerprint density at radius 3 is 2.29 bits per heavy atom. The Bertz CT molecular complexity index is 862. The van der Waals surface area contributed by atoms with E-state index in [1.165, 1.54) is 6.26 Å². The first-order chi connectivity index (χ1) is 11.4. The van der Waals surface area contributed by atoms with Gasteiger partial charge in [-0.2, -0.15) is 0 Å². The van der Waals surface area contributed by atoms with Gasteiger partial charge >= 0.3 is 0 Å². The van der Waals surface area contributed by atoms with Crippen molar-refractivity contribution in [2.45, 2.75) is 10.3 Å². The van der Waals surface area contributed by atoms with Crippen LogP contribution in [0.3, 0.4) is 0 Å². The molecule has 24 heavy (non-hydrogen) atoms. The highest BCUT2D eigenvalue weighted by Gasteiger charge is 2.27. The van der Waals surface area contributed by atoms with Gasteiger partial charge in [0.15, 0.2) is 9.84 Å². The lowest BCUT2D eigenvalue weighted by Gasteiger charge is -2.21. The van der Waals surface area contributed by atoms with E-state index in [-0.39, 0.29) is 5.37 Å². The van der Waals surface area contributed by atoms with Crippen LogP contribution < -0.4 is 4.90 Å². The first-order valence-corrected chi connectivity index (χ1v) is 10.9. The molecule has 0 N–H and O–H groups in total. The van der Waals surface area contributed by atoms with Crippen LogP contribution in [0.1, 0.15) is 5.56 Å². The van der Waals surface area contributed by atoms with Gasteiger partial charge in [-0.3, -0.25) is 4.99 Å². The van der Waals surface area contributed by atoms with Gasteiger partial charge in [-0.05, 0) is 54.8 Å². The summed E-state index contributed by atoms with van der Waals surface area (Å²) in [5, 5.41) is 0.827. The number of amidine groups is 1. The van der Waals surface area contributed by atoms with Gasteiger partial charge in [-0.25, -0.2) is 8.42 Å². The van der Waals surface area contributed by atoms with Crippen LogP contribution in [0, 0.1) is 0 Å². The summed E-state index contributed by atoms with van der Waals surface area (Å²) < 4.78 is 23.3.